The number of methoxy groups -OCH3 is 1. The molecule has 1 heterocycles. The molecule has 1 saturated heterocycles. The summed E-state index contributed by atoms with van der Waals surface area (Å²) in [6.07, 6.45) is 6.77. The zero-order chi connectivity index (χ0) is 14.5. The average molecular weight is 288 g/mol. The minimum Gasteiger partial charge on any atom is -0.380 e. The quantitative estimate of drug-likeness (QED) is 0.834. The monoisotopic (exact) mass is 288 g/mol. The maximum atomic E-state index is 5.54. The molecule has 2 aliphatic rings. The molecule has 1 aromatic rings. The Morgan fingerprint density at radius 1 is 1.19 bits per heavy atom. The molecule has 21 heavy (non-hydrogen) atoms. The Hall–Kier alpha value is -0.900. The van der Waals surface area contributed by atoms with Gasteiger partial charge >= 0.3 is 0 Å². The summed E-state index contributed by atoms with van der Waals surface area (Å²) in [6, 6.07) is 9.74. The maximum absolute atomic E-state index is 5.54. The molecular formula is C18H28N2O. The van der Waals surface area contributed by atoms with Gasteiger partial charge in [0.1, 0.15) is 0 Å². The van der Waals surface area contributed by atoms with Gasteiger partial charge in [-0.3, -0.25) is 4.90 Å². The van der Waals surface area contributed by atoms with Gasteiger partial charge in [0.25, 0.3) is 0 Å². The number of nitrogens with one attached hydrogen (secondary N) is 1. The number of benzene rings is 1. The molecule has 0 amide bonds. The number of rotatable bonds is 7. The summed E-state index contributed by atoms with van der Waals surface area (Å²) in [7, 11) is 1.84. The highest BCUT2D eigenvalue weighted by Gasteiger charge is 2.21. The largest absolute Gasteiger partial charge is 0.380 e. The summed E-state index contributed by atoms with van der Waals surface area (Å²) in [6.45, 7) is 4.46. The van der Waals surface area contributed by atoms with Crippen molar-refractivity contribution in [2.45, 2.75) is 50.8 Å². The molecule has 0 bridgehead atoms. The van der Waals surface area contributed by atoms with Crippen molar-refractivity contribution in [2.75, 3.05) is 26.7 Å². The summed E-state index contributed by atoms with van der Waals surface area (Å²) >= 11 is 0. The van der Waals surface area contributed by atoms with Crippen LogP contribution in [-0.2, 0) is 17.7 Å². The first-order valence-electron chi connectivity index (χ1n) is 8.40. The van der Waals surface area contributed by atoms with Crippen LogP contribution in [0, 0.1) is 0 Å². The van der Waals surface area contributed by atoms with Gasteiger partial charge < -0.3 is 10.1 Å². The fourth-order valence-electron chi connectivity index (χ4n) is 3.24. The first-order valence-corrected chi connectivity index (χ1v) is 8.40. The summed E-state index contributed by atoms with van der Waals surface area (Å²) in [4.78, 5) is 2.55. The van der Waals surface area contributed by atoms with E-state index in [1.54, 1.807) is 0 Å². The molecule has 3 heteroatoms. The third-order valence-corrected chi connectivity index (χ3v) is 4.71. The van der Waals surface area contributed by atoms with Gasteiger partial charge in [-0.05, 0) is 56.3 Å². The van der Waals surface area contributed by atoms with Crippen LogP contribution in [-0.4, -0.2) is 43.8 Å². The van der Waals surface area contributed by atoms with E-state index in [1.807, 2.05) is 7.11 Å². The van der Waals surface area contributed by atoms with Gasteiger partial charge in [-0.2, -0.15) is 0 Å². The van der Waals surface area contributed by atoms with Crippen LogP contribution in [0.4, 0.5) is 0 Å². The zero-order valence-electron chi connectivity index (χ0n) is 13.2. The van der Waals surface area contributed by atoms with E-state index in [9.17, 15) is 0 Å². The van der Waals surface area contributed by atoms with Crippen molar-refractivity contribution in [2.24, 2.45) is 0 Å². The van der Waals surface area contributed by atoms with E-state index in [-0.39, 0.29) is 0 Å². The van der Waals surface area contributed by atoms with Gasteiger partial charge in [0.05, 0.1) is 6.10 Å². The van der Waals surface area contributed by atoms with Crippen LogP contribution in [0.1, 0.15) is 36.8 Å². The van der Waals surface area contributed by atoms with E-state index in [0.29, 0.717) is 6.10 Å². The first kappa shape index (κ1) is 15.0. The van der Waals surface area contributed by atoms with E-state index in [4.69, 9.17) is 4.74 Å². The summed E-state index contributed by atoms with van der Waals surface area (Å²) < 4.78 is 5.54. The Morgan fingerprint density at radius 2 is 2.00 bits per heavy atom. The standard InChI is InChI=1S/C18H28N2O/c1-21-18-7-4-12-20(14-18)13-16-6-3-2-5-15(16)10-11-19-17-8-9-17/h2-3,5-6,17-19H,4,7-14H2,1H3. The molecule has 3 nitrogen and oxygen atoms in total. The van der Waals surface area contributed by atoms with Crippen LogP contribution >= 0.6 is 0 Å². The number of ether oxygens (including phenoxy) is 1. The van der Waals surface area contributed by atoms with Crippen molar-refractivity contribution < 1.29 is 4.74 Å². The van der Waals surface area contributed by atoms with Crippen LogP contribution in [0.25, 0.3) is 0 Å². The van der Waals surface area contributed by atoms with Gasteiger partial charge in [-0.25, -0.2) is 0 Å². The maximum Gasteiger partial charge on any atom is 0.0698 e. The molecule has 1 N–H and O–H groups in total. The minimum atomic E-state index is 0.419. The van der Waals surface area contributed by atoms with Gasteiger partial charge in [-0.15, -0.1) is 0 Å². The van der Waals surface area contributed by atoms with Crippen molar-refractivity contribution in [3.05, 3.63) is 35.4 Å². The van der Waals surface area contributed by atoms with E-state index < -0.39 is 0 Å². The van der Waals surface area contributed by atoms with Crippen LogP contribution in [0.3, 0.4) is 0 Å². The SMILES string of the molecule is COC1CCCN(Cc2ccccc2CCNC2CC2)C1. The van der Waals surface area contributed by atoms with E-state index in [0.717, 1.165) is 32.1 Å². The second kappa shape index (κ2) is 7.39. The summed E-state index contributed by atoms with van der Waals surface area (Å²) in [5.74, 6) is 0. The molecule has 1 unspecified atom stereocenters. The smallest absolute Gasteiger partial charge is 0.0698 e. The summed E-state index contributed by atoms with van der Waals surface area (Å²) in [5, 5.41) is 3.62. The molecule has 1 aliphatic carbocycles. The predicted octanol–water partition coefficient (Wildman–Crippen LogP) is 2.59. The molecular weight excluding hydrogens is 260 g/mol. The lowest BCUT2D eigenvalue weighted by Gasteiger charge is -2.32. The van der Waals surface area contributed by atoms with Crippen LogP contribution in [0.15, 0.2) is 24.3 Å². The van der Waals surface area contributed by atoms with Crippen LogP contribution in [0.2, 0.25) is 0 Å². The molecule has 116 valence electrons. The Labute approximate surface area is 128 Å². The highest BCUT2D eigenvalue weighted by atomic mass is 16.5. The Balaban J connectivity index is 1.55. The molecule has 0 aromatic heterocycles. The van der Waals surface area contributed by atoms with Gasteiger partial charge in [0, 0.05) is 26.2 Å². The van der Waals surface area contributed by atoms with Crippen LogP contribution in [0.5, 0.6) is 0 Å². The molecule has 3 rings (SSSR count). The molecule has 1 atom stereocenters. The Kier molecular flexibility index (Phi) is 5.28. The zero-order valence-corrected chi connectivity index (χ0v) is 13.2. The normalized spacial score (nSPS) is 23.4. The van der Waals surface area contributed by atoms with Gasteiger partial charge in [0.2, 0.25) is 0 Å². The van der Waals surface area contributed by atoms with Crippen LogP contribution < -0.4 is 5.32 Å². The lowest BCUT2D eigenvalue weighted by Crippen LogP contribution is -2.38. The highest BCUT2D eigenvalue weighted by Crippen LogP contribution is 2.20. The van der Waals surface area contributed by atoms with Crippen molar-refractivity contribution in [1.82, 2.24) is 10.2 Å². The molecule has 2 fully saturated rings. The average Bonchev–Trinajstić information content (AvgIpc) is 3.33. The van der Waals surface area contributed by atoms with Gasteiger partial charge in [0.15, 0.2) is 0 Å². The number of likely N-dealkylation sites (tertiary alicyclic amines) is 1. The Morgan fingerprint density at radius 3 is 2.76 bits per heavy atom. The fourth-order valence-corrected chi connectivity index (χ4v) is 3.24. The van der Waals surface area contributed by atoms with E-state index in [1.165, 1.54) is 43.4 Å². The second-order valence-electron chi connectivity index (χ2n) is 6.48. The predicted molar refractivity (Wildman–Crippen MR) is 86.5 cm³/mol. The lowest BCUT2D eigenvalue weighted by atomic mass is 10.0. The second-order valence-corrected chi connectivity index (χ2v) is 6.48. The van der Waals surface area contributed by atoms with Crippen molar-refractivity contribution >= 4 is 0 Å². The van der Waals surface area contributed by atoms with Gasteiger partial charge in [-0.1, -0.05) is 24.3 Å². The Bertz CT molecular complexity index is 445. The van der Waals surface area contributed by atoms with E-state index >= 15 is 0 Å². The molecule has 0 spiro atoms. The third kappa shape index (κ3) is 4.53. The number of nitrogens with zero attached hydrogens (tertiary/aromatic N) is 1. The molecule has 0 radical (unpaired) electrons. The molecule has 1 aliphatic heterocycles. The first-order chi connectivity index (χ1) is 10.3. The van der Waals surface area contributed by atoms with Crippen molar-refractivity contribution in [3.63, 3.8) is 0 Å². The highest BCUT2D eigenvalue weighted by molar-refractivity contribution is 5.27. The topological polar surface area (TPSA) is 24.5 Å². The molecule has 1 aromatic carbocycles. The fraction of sp³-hybridized carbons (Fsp3) is 0.667. The lowest BCUT2D eigenvalue weighted by molar-refractivity contribution is 0.0285. The number of hydrogen-bond donors (Lipinski definition) is 1. The number of hydrogen-bond acceptors (Lipinski definition) is 3. The van der Waals surface area contributed by atoms with Crippen molar-refractivity contribution in [3.8, 4) is 0 Å². The van der Waals surface area contributed by atoms with E-state index in [2.05, 4.69) is 34.5 Å². The number of piperidine rings is 1. The van der Waals surface area contributed by atoms with Crippen molar-refractivity contribution in [1.29, 1.82) is 0 Å². The summed E-state index contributed by atoms with van der Waals surface area (Å²) in [5.41, 5.74) is 3.00. The third-order valence-electron chi connectivity index (χ3n) is 4.71. The molecule has 1 saturated carbocycles. The minimum absolute atomic E-state index is 0.419.